The fourth-order valence-corrected chi connectivity index (χ4v) is 7.75. The van der Waals surface area contributed by atoms with Crippen LogP contribution in [0.2, 0.25) is 5.02 Å². The first-order valence-electron chi connectivity index (χ1n) is 14.0. The van der Waals surface area contributed by atoms with E-state index in [0.29, 0.717) is 41.6 Å². The Bertz CT molecular complexity index is 1310. The minimum Gasteiger partial charge on any atom is -0.494 e. The van der Waals surface area contributed by atoms with Gasteiger partial charge in [0.05, 0.1) is 47.9 Å². The van der Waals surface area contributed by atoms with E-state index in [1.54, 1.807) is 48.5 Å². The molecule has 8 atom stereocenters. The first kappa shape index (κ1) is 29.8. The molecule has 3 N–H and O–H groups in total. The van der Waals surface area contributed by atoms with Crippen molar-refractivity contribution in [2.75, 3.05) is 23.8 Å². The molecular weight excluding hydrogens is 614 g/mol. The highest BCUT2D eigenvalue weighted by Gasteiger charge is 2.77. The molecule has 0 saturated carbocycles. The molecule has 0 aromatic heterocycles. The number of carbonyl (C=O) groups excluding carboxylic acids is 3. The number of aliphatic hydroxyl groups excluding tert-OH is 1. The summed E-state index contributed by atoms with van der Waals surface area (Å²) in [6, 6.07) is 12.2. The molecule has 9 nitrogen and oxygen atoms in total. The minimum absolute atomic E-state index is 0.108. The van der Waals surface area contributed by atoms with Crippen LogP contribution in [0.3, 0.4) is 0 Å². The number of fused-ring (bicyclic) bond motifs is 1. The molecule has 1 spiro atoms. The number of benzene rings is 2. The molecule has 3 saturated heterocycles. The van der Waals surface area contributed by atoms with E-state index in [-0.39, 0.29) is 29.2 Å². The van der Waals surface area contributed by atoms with Crippen LogP contribution in [0.4, 0.5) is 11.4 Å². The van der Waals surface area contributed by atoms with E-state index in [2.05, 4.69) is 26.6 Å². The first-order valence-corrected chi connectivity index (χ1v) is 15.3. The highest BCUT2D eigenvalue weighted by Crippen LogP contribution is 2.60. The molecular formula is C30H35BrClN3O6. The van der Waals surface area contributed by atoms with Crippen molar-refractivity contribution in [2.45, 2.75) is 62.2 Å². The Morgan fingerprint density at radius 3 is 2.51 bits per heavy atom. The lowest BCUT2D eigenvalue weighted by Gasteiger charge is -2.38. The van der Waals surface area contributed by atoms with Gasteiger partial charge in [0.15, 0.2) is 0 Å². The number of rotatable bonds is 10. The van der Waals surface area contributed by atoms with Gasteiger partial charge in [-0.2, -0.15) is 0 Å². The average Bonchev–Trinajstić information content (AvgIpc) is 3.55. The molecule has 5 rings (SSSR count). The second-order valence-corrected chi connectivity index (χ2v) is 12.5. The van der Waals surface area contributed by atoms with Crippen LogP contribution in [0.25, 0.3) is 0 Å². The second kappa shape index (κ2) is 11.9. The Morgan fingerprint density at radius 1 is 1.17 bits per heavy atom. The summed E-state index contributed by atoms with van der Waals surface area (Å²) in [4.78, 5) is 43.5. The van der Waals surface area contributed by atoms with Crippen molar-refractivity contribution in [3.63, 3.8) is 0 Å². The monoisotopic (exact) mass is 647 g/mol. The largest absolute Gasteiger partial charge is 0.494 e. The van der Waals surface area contributed by atoms with Crippen molar-refractivity contribution in [2.24, 2.45) is 17.8 Å². The summed E-state index contributed by atoms with van der Waals surface area (Å²) in [7, 11) is 0. The minimum atomic E-state index is -1.26. The molecule has 2 aromatic carbocycles. The fourth-order valence-electron chi connectivity index (χ4n) is 6.63. The molecule has 220 valence electrons. The van der Waals surface area contributed by atoms with Gasteiger partial charge in [0.25, 0.3) is 0 Å². The number of aliphatic hydroxyl groups is 1. The van der Waals surface area contributed by atoms with Gasteiger partial charge in [-0.3, -0.25) is 14.4 Å². The number of likely N-dealkylation sites (tertiary alicyclic amines) is 1. The number of nitrogens with one attached hydrogen (secondary N) is 2. The van der Waals surface area contributed by atoms with Crippen molar-refractivity contribution in [3.8, 4) is 5.75 Å². The van der Waals surface area contributed by atoms with E-state index in [9.17, 15) is 19.5 Å². The maximum atomic E-state index is 14.3. The molecule has 3 aliphatic heterocycles. The maximum Gasteiger partial charge on any atom is 0.250 e. The Morgan fingerprint density at radius 2 is 1.88 bits per heavy atom. The number of hydrogen-bond donors (Lipinski definition) is 3. The fraction of sp³-hybridized carbons (Fsp3) is 0.500. The number of halogens is 2. The third-order valence-electron chi connectivity index (χ3n) is 8.69. The topological polar surface area (TPSA) is 117 Å². The Kier molecular flexibility index (Phi) is 8.66. The van der Waals surface area contributed by atoms with Gasteiger partial charge in [-0.05, 0) is 55.7 Å². The first-order chi connectivity index (χ1) is 19.7. The van der Waals surface area contributed by atoms with Gasteiger partial charge in [0.1, 0.15) is 17.4 Å². The summed E-state index contributed by atoms with van der Waals surface area (Å²) in [5.41, 5.74) is -0.295. The van der Waals surface area contributed by atoms with E-state index in [1.807, 2.05) is 20.8 Å². The molecule has 3 unspecified atom stereocenters. The van der Waals surface area contributed by atoms with E-state index >= 15 is 0 Å². The van der Waals surface area contributed by atoms with Crippen molar-refractivity contribution < 1.29 is 29.0 Å². The van der Waals surface area contributed by atoms with Gasteiger partial charge in [0.2, 0.25) is 17.7 Å². The Hall–Kier alpha value is -2.66. The number of amides is 3. The lowest BCUT2D eigenvalue weighted by Crippen LogP contribution is -2.57. The SMILES string of the molecule is CCOc1ccc(NC(=O)[C@H]2[C@@H]3OC4(CC3Br)C(C(=O)Nc3ccccc3Cl)N([C@@H](CO)[C@@H](C)CC)C(=O)[C@H]24)cc1. The third kappa shape index (κ3) is 5.13. The van der Waals surface area contributed by atoms with Gasteiger partial charge >= 0.3 is 0 Å². The molecule has 3 fully saturated rings. The molecule has 3 amide bonds. The standard InChI is InChI=1S/C30H35BrClN3O6/c1-4-16(3)22(15-36)35-26(28(38)34-21-9-7-6-8-20(21)32)30-14-19(31)25(41-30)23(24(30)29(35)39)27(37)33-17-10-12-18(13-11-17)40-5-2/h6-13,16,19,22-26,36H,4-5,14-15H2,1-3H3,(H,33,37)(H,34,38)/t16-,19?,22-,23+,24-,25+,26?,30?/m0/s1. The molecule has 0 aliphatic carbocycles. The van der Waals surface area contributed by atoms with Gasteiger partial charge in [0, 0.05) is 10.5 Å². The normalized spacial score (nSPS) is 29.7. The van der Waals surface area contributed by atoms with Crippen molar-refractivity contribution in [3.05, 3.63) is 53.6 Å². The van der Waals surface area contributed by atoms with Gasteiger partial charge in [-0.1, -0.05) is 59.9 Å². The molecule has 0 radical (unpaired) electrons. The molecule has 3 heterocycles. The summed E-state index contributed by atoms with van der Waals surface area (Å²) >= 11 is 10.0. The van der Waals surface area contributed by atoms with Crippen LogP contribution in [-0.4, -0.2) is 69.6 Å². The van der Waals surface area contributed by atoms with Crippen molar-refractivity contribution in [1.29, 1.82) is 0 Å². The summed E-state index contributed by atoms with van der Waals surface area (Å²) in [5.74, 6) is -2.36. The van der Waals surface area contributed by atoms with Crippen LogP contribution in [0, 0.1) is 17.8 Å². The number of para-hydroxylation sites is 1. The maximum absolute atomic E-state index is 14.3. The van der Waals surface area contributed by atoms with Gasteiger partial charge < -0.3 is 30.1 Å². The highest BCUT2D eigenvalue weighted by atomic mass is 79.9. The zero-order chi connectivity index (χ0) is 29.5. The highest BCUT2D eigenvalue weighted by molar-refractivity contribution is 9.09. The number of alkyl halides is 1. The number of hydrogen-bond acceptors (Lipinski definition) is 6. The molecule has 11 heteroatoms. The summed E-state index contributed by atoms with van der Waals surface area (Å²) in [6.45, 7) is 5.99. The summed E-state index contributed by atoms with van der Waals surface area (Å²) in [5, 5.41) is 16.6. The number of ether oxygens (including phenoxy) is 2. The van der Waals surface area contributed by atoms with Gasteiger partial charge in [-0.15, -0.1) is 0 Å². The zero-order valence-corrected chi connectivity index (χ0v) is 25.5. The Labute approximate surface area is 253 Å². The molecule has 2 bridgehead atoms. The third-order valence-corrected chi connectivity index (χ3v) is 9.86. The van der Waals surface area contributed by atoms with Crippen LogP contribution in [0.1, 0.15) is 33.6 Å². The zero-order valence-electron chi connectivity index (χ0n) is 23.2. The van der Waals surface area contributed by atoms with Crippen LogP contribution >= 0.6 is 27.5 Å². The second-order valence-electron chi connectivity index (χ2n) is 11.0. The van der Waals surface area contributed by atoms with Crippen LogP contribution < -0.4 is 15.4 Å². The number of carbonyl (C=O) groups is 3. The number of anilines is 2. The van der Waals surface area contributed by atoms with E-state index in [1.165, 1.54) is 4.90 Å². The predicted molar refractivity (Wildman–Crippen MR) is 159 cm³/mol. The molecule has 3 aliphatic rings. The quantitative estimate of drug-likeness (QED) is 0.328. The van der Waals surface area contributed by atoms with E-state index < -0.39 is 41.5 Å². The van der Waals surface area contributed by atoms with Crippen LogP contribution in [-0.2, 0) is 19.1 Å². The summed E-state index contributed by atoms with van der Waals surface area (Å²) in [6.07, 6.45) is 0.426. The van der Waals surface area contributed by atoms with E-state index in [0.717, 1.165) is 0 Å². The van der Waals surface area contributed by atoms with Crippen molar-refractivity contribution in [1.82, 2.24) is 4.90 Å². The lowest BCUT2D eigenvalue weighted by molar-refractivity contribution is -0.144. The van der Waals surface area contributed by atoms with Crippen LogP contribution in [0.5, 0.6) is 5.75 Å². The Balaban J connectivity index is 1.51. The molecule has 41 heavy (non-hydrogen) atoms. The smallest absolute Gasteiger partial charge is 0.250 e. The van der Waals surface area contributed by atoms with Crippen LogP contribution in [0.15, 0.2) is 48.5 Å². The average molecular weight is 649 g/mol. The predicted octanol–water partition coefficient (Wildman–Crippen LogP) is 4.47. The number of nitrogens with zero attached hydrogens (tertiary/aromatic N) is 1. The van der Waals surface area contributed by atoms with Crippen molar-refractivity contribution >= 4 is 56.6 Å². The lowest BCUT2D eigenvalue weighted by atomic mass is 9.70. The molecule has 2 aromatic rings. The summed E-state index contributed by atoms with van der Waals surface area (Å²) < 4.78 is 12.1. The van der Waals surface area contributed by atoms with E-state index in [4.69, 9.17) is 21.1 Å². The van der Waals surface area contributed by atoms with Gasteiger partial charge in [-0.25, -0.2) is 0 Å².